The van der Waals surface area contributed by atoms with Gasteiger partial charge >= 0.3 is 0 Å². The predicted octanol–water partition coefficient (Wildman–Crippen LogP) is 3.72. The number of anilines is 2. The van der Waals surface area contributed by atoms with Crippen LogP contribution in [0.1, 0.15) is 55.9 Å². The Morgan fingerprint density at radius 3 is 2.61 bits per heavy atom. The van der Waals surface area contributed by atoms with E-state index in [0.717, 1.165) is 12.8 Å². The maximum atomic E-state index is 11.5. The van der Waals surface area contributed by atoms with Crippen molar-refractivity contribution in [2.75, 3.05) is 10.6 Å². The van der Waals surface area contributed by atoms with Gasteiger partial charge in [0.05, 0.1) is 6.04 Å². The fraction of sp³-hybridized carbons (Fsp3) is 0.500. The maximum Gasteiger partial charge on any atom is 0.234 e. The molecule has 6 nitrogen and oxygen atoms in total. The van der Waals surface area contributed by atoms with Crippen molar-refractivity contribution in [1.29, 1.82) is 0 Å². The number of rotatable bonds is 7. The summed E-state index contributed by atoms with van der Waals surface area (Å²) in [6.07, 6.45) is 2.32. The lowest BCUT2D eigenvalue weighted by Gasteiger charge is -2.18. The average Bonchev–Trinajstić information content (AvgIpc) is 3.00. The fourth-order valence-electron chi connectivity index (χ4n) is 2.27. The summed E-state index contributed by atoms with van der Waals surface area (Å²) < 4.78 is 0. The molecule has 2 aromatic rings. The first kappa shape index (κ1) is 17.3. The second-order valence-electron chi connectivity index (χ2n) is 5.20. The molecule has 0 aliphatic rings. The number of aryl methyl sites for hydroxylation is 2. The third-order valence-electron chi connectivity index (χ3n) is 3.51. The number of carbonyl (C=O) groups excluding carboxylic acids is 1. The lowest BCUT2D eigenvalue weighted by molar-refractivity contribution is -0.115. The highest BCUT2D eigenvalue weighted by atomic mass is 32.1. The Labute approximate surface area is 140 Å². The molecule has 0 aromatic carbocycles. The molecule has 0 spiro atoms. The highest BCUT2D eigenvalue weighted by molar-refractivity contribution is 7.10. The SMILES string of the molecule is CCC(=O)Nc1nc(C)nc(NC(CC)c2sccc2CC)n1. The summed E-state index contributed by atoms with van der Waals surface area (Å²) in [7, 11) is 0. The number of amides is 1. The maximum absolute atomic E-state index is 11.5. The first-order chi connectivity index (χ1) is 11.1. The standard InChI is InChI=1S/C16H23N5OS/c1-5-11-8-9-23-14(11)12(6-2)19-15-17-10(4)18-16(21-15)20-13(22)7-3/h8-9,12H,5-7H2,1-4H3,(H2,17,18,19,20,21,22). The van der Waals surface area contributed by atoms with E-state index in [4.69, 9.17) is 0 Å². The summed E-state index contributed by atoms with van der Waals surface area (Å²) in [4.78, 5) is 25.6. The number of aromatic nitrogens is 3. The van der Waals surface area contributed by atoms with Gasteiger partial charge in [-0.3, -0.25) is 10.1 Å². The summed E-state index contributed by atoms with van der Waals surface area (Å²) in [6, 6.07) is 2.32. The largest absolute Gasteiger partial charge is 0.346 e. The third kappa shape index (κ3) is 4.48. The van der Waals surface area contributed by atoms with Gasteiger partial charge in [0.15, 0.2) is 0 Å². The summed E-state index contributed by atoms with van der Waals surface area (Å²) in [5.74, 6) is 1.25. The molecule has 0 radical (unpaired) electrons. The van der Waals surface area contributed by atoms with E-state index in [1.54, 1.807) is 25.2 Å². The molecule has 1 amide bonds. The van der Waals surface area contributed by atoms with Gasteiger partial charge in [0.2, 0.25) is 17.8 Å². The second-order valence-corrected chi connectivity index (χ2v) is 6.15. The number of nitrogens with one attached hydrogen (secondary N) is 2. The zero-order chi connectivity index (χ0) is 16.8. The minimum atomic E-state index is -0.111. The Hall–Kier alpha value is -2.02. The van der Waals surface area contributed by atoms with Crippen molar-refractivity contribution in [3.8, 4) is 0 Å². The monoisotopic (exact) mass is 333 g/mol. The molecular weight excluding hydrogens is 310 g/mol. The molecule has 2 heterocycles. The molecule has 1 unspecified atom stereocenters. The molecule has 0 saturated heterocycles. The second kappa shape index (κ2) is 8.01. The van der Waals surface area contributed by atoms with Gasteiger partial charge in [-0.25, -0.2) is 0 Å². The average molecular weight is 333 g/mol. The van der Waals surface area contributed by atoms with Crippen LogP contribution in [0.3, 0.4) is 0 Å². The molecule has 0 bridgehead atoms. The molecule has 0 fully saturated rings. The lowest BCUT2D eigenvalue weighted by atomic mass is 10.1. The predicted molar refractivity (Wildman–Crippen MR) is 93.8 cm³/mol. The van der Waals surface area contributed by atoms with Crippen LogP contribution in [-0.2, 0) is 11.2 Å². The Kier molecular flexibility index (Phi) is 6.04. The summed E-state index contributed by atoms with van der Waals surface area (Å²) >= 11 is 1.75. The Morgan fingerprint density at radius 1 is 1.22 bits per heavy atom. The van der Waals surface area contributed by atoms with E-state index in [-0.39, 0.29) is 11.9 Å². The van der Waals surface area contributed by atoms with Crippen LogP contribution in [0.4, 0.5) is 11.9 Å². The van der Waals surface area contributed by atoms with Crippen molar-refractivity contribution >= 4 is 29.1 Å². The van der Waals surface area contributed by atoms with E-state index in [1.165, 1.54) is 10.4 Å². The number of hydrogen-bond acceptors (Lipinski definition) is 6. The van der Waals surface area contributed by atoms with Crippen molar-refractivity contribution in [3.05, 3.63) is 27.7 Å². The molecular formula is C16H23N5OS. The number of thiophene rings is 1. The zero-order valence-corrected chi connectivity index (χ0v) is 14.8. The summed E-state index contributed by atoms with van der Waals surface area (Å²) in [6.45, 7) is 7.87. The Morgan fingerprint density at radius 2 is 1.96 bits per heavy atom. The molecule has 2 N–H and O–H groups in total. The first-order valence-corrected chi connectivity index (χ1v) is 8.80. The van der Waals surface area contributed by atoms with Crippen molar-refractivity contribution in [1.82, 2.24) is 15.0 Å². The van der Waals surface area contributed by atoms with Gasteiger partial charge in [0.1, 0.15) is 5.82 Å². The van der Waals surface area contributed by atoms with Gasteiger partial charge in [-0.05, 0) is 36.8 Å². The van der Waals surface area contributed by atoms with E-state index in [9.17, 15) is 4.79 Å². The van der Waals surface area contributed by atoms with E-state index >= 15 is 0 Å². The van der Waals surface area contributed by atoms with Crippen LogP contribution < -0.4 is 10.6 Å². The van der Waals surface area contributed by atoms with Crippen molar-refractivity contribution < 1.29 is 4.79 Å². The van der Waals surface area contributed by atoms with E-state index in [2.05, 4.69) is 50.9 Å². The topological polar surface area (TPSA) is 79.8 Å². The third-order valence-corrected chi connectivity index (χ3v) is 4.58. The van der Waals surface area contributed by atoms with E-state index in [0.29, 0.717) is 24.1 Å². The molecule has 124 valence electrons. The smallest absolute Gasteiger partial charge is 0.234 e. The van der Waals surface area contributed by atoms with Crippen LogP contribution in [0.2, 0.25) is 0 Å². The fourth-order valence-corrected chi connectivity index (χ4v) is 3.40. The molecule has 0 aliphatic heterocycles. The quantitative estimate of drug-likeness (QED) is 0.807. The molecule has 2 rings (SSSR count). The summed E-state index contributed by atoms with van der Waals surface area (Å²) in [5.41, 5.74) is 1.35. The van der Waals surface area contributed by atoms with Crippen LogP contribution in [0.25, 0.3) is 0 Å². The Balaban J connectivity index is 2.22. The van der Waals surface area contributed by atoms with Gasteiger partial charge < -0.3 is 5.32 Å². The highest BCUT2D eigenvalue weighted by Gasteiger charge is 2.16. The van der Waals surface area contributed by atoms with Crippen LogP contribution >= 0.6 is 11.3 Å². The van der Waals surface area contributed by atoms with Crippen LogP contribution in [0.5, 0.6) is 0 Å². The van der Waals surface area contributed by atoms with Crippen molar-refractivity contribution in [2.45, 2.75) is 53.0 Å². The number of hydrogen-bond donors (Lipinski definition) is 2. The van der Waals surface area contributed by atoms with E-state index in [1.807, 2.05) is 0 Å². The molecule has 7 heteroatoms. The highest BCUT2D eigenvalue weighted by Crippen LogP contribution is 2.29. The minimum Gasteiger partial charge on any atom is -0.346 e. The molecule has 2 aromatic heterocycles. The van der Waals surface area contributed by atoms with Gasteiger partial charge in [0.25, 0.3) is 0 Å². The lowest BCUT2D eigenvalue weighted by Crippen LogP contribution is -2.17. The first-order valence-electron chi connectivity index (χ1n) is 7.92. The minimum absolute atomic E-state index is 0.111. The van der Waals surface area contributed by atoms with Gasteiger partial charge in [0, 0.05) is 11.3 Å². The summed E-state index contributed by atoms with van der Waals surface area (Å²) in [5, 5.41) is 8.17. The molecule has 23 heavy (non-hydrogen) atoms. The van der Waals surface area contributed by atoms with Crippen LogP contribution in [-0.4, -0.2) is 20.9 Å². The van der Waals surface area contributed by atoms with Crippen molar-refractivity contribution in [3.63, 3.8) is 0 Å². The van der Waals surface area contributed by atoms with Gasteiger partial charge in [-0.15, -0.1) is 11.3 Å². The van der Waals surface area contributed by atoms with Crippen molar-refractivity contribution in [2.24, 2.45) is 0 Å². The number of nitrogens with zero attached hydrogens (tertiary/aromatic N) is 3. The van der Waals surface area contributed by atoms with E-state index < -0.39 is 0 Å². The molecule has 1 atom stereocenters. The van der Waals surface area contributed by atoms with Gasteiger partial charge in [-0.2, -0.15) is 15.0 Å². The molecule has 0 saturated carbocycles. The Bertz CT molecular complexity index is 670. The van der Waals surface area contributed by atoms with Crippen LogP contribution in [0, 0.1) is 6.92 Å². The normalized spacial score (nSPS) is 12.0. The van der Waals surface area contributed by atoms with Gasteiger partial charge in [-0.1, -0.05) is 20.8 Å². The zero-order valence-electron chi connectivity index (χ0n) is 14.0. The molecule has 0 aliphatic carbocycles. The van der Waals surface area contributed by atoms with Crippen LogP contribution in [0.15, 0.2) is 11.4 Å². The number of carbonyl (C=O) groups is 1.